The lowest BCUT2D eigenvalue weighted by molar-refractivity contribution is -0.136. The molecule has 2 nitrogen and oxygen atoms in total. The highest BCUT2D eigenvalue weighted by Gasteiger charge is 2.33. The molecule has 1 aliphatic carbocycles. The predicted octanol–water partition coefficient (Wildman–Crippen LogP) is 4.90. The summed E-state index contributed by atoms with van der Waals surface area (Å²) in [4.78, 5) is 13.5. The fourth-order valence-corrected chi connectivity index (χ4v) is 3.84. The second kappa shape index (κ2) is 5.76. The molecule has 116 valence electrons. The standard InChI is InChI=1S/C16H14F3NOS/c17-16(18,19)12-6-2-3-7-13(12)20-15(21)11-9-22-14-8-4-1-5-10(11)14/h2-3,6-7,9H,1,4-5,8H2,(H,20,21). The van der Waals surface area contributed by atoms with E-state index in [1.807, 2.05) is 0 Å². The Bertz CT molecular complexity index is 706. The number of halogens is 3. The average molecular weight is 325 g/mol. The summed E-state index contributed by atoms with van der Waals surface area (Å²) >= 11 is 1.52. The molecule has 0 unspecified atom stereocenters. The van der Waals surface area contributed by atoms with E-state index in [0.29, 0.717) is 5.56 Å². The van der Waals surface area contributed by atoms with E-state index in [2.05, 4.69) is 5.32 Å². The molecule has 2 aromatic rings. The van der Waals surface area contributed by atoms with Crippen molar-refractivity contribution >= 4 is 22.9 Å². The van der Waals surface area contributed by atoms with Gasteiger partial charge in [-0.1, -0.05) is 12.1 Å². The first-order chi connectivity index (χ1) is 10.5. The third-order valence-electron chi connectivity index (χ3n) is 3.79. The van der Waals surface area contributed by atoms with Crippen molar-refractivity contribution < 1.29 is 18.0 Å². The highest BCUT2D eigenvalue weighted by atomic mass is 32.1. The normalized spacial score (nSPS) is 14.5. The maximum atomic E-state index is 13.0. The summed E-state index contributed by atoms with van der Waals surface area (Å²) < 4.78 is 38.9. The van der Waals surface area contributed by atoms with Crippen LogP contribution in [0.1, 0.15) is 39.2 Å². The highest BCUT2D eigenvalue weighted by molar-refractivity contribution is 7.10. The van der Waals surface area contributed by atoms with Gasteiger partial charge in [-0.25, -0.2) is 0 Å². The lowest BCUT2D eigenvalue weighted by Crippen LogP contribution is -2.18. The summed E-state index contributed by atoms with van der Waals surface area (Å²) in [5.74, 6) is -0.462. The van der Waals surface area contributed by atoms with Crippen LogP contribution in [-0.2, 0) is 19.0 Å². The third kappa shape index (κ3) is 2.88. The van der Waals surface area contributed by atoms with Gasteiger partial charge >= 0.3 is 6.18 Å². The van der Waals surface area contributed by atoms with Crippen molar-refractivity contribution in [3.63, 3.8) is 0 Å². The monoisotopic (exact) mass is 325 g/mol. The average Bonchev–Trinajstić information content (AvgIpc) is 2.90. The molecule has 0 spiro atoms. The minimum atomic E-state index is -4.49. The van der Waals surface area contributed by atoms with Gasteiger partial charge in [0.1, 0.15) is 0 Å². The largest absolute Gasteiger partial charge is 0.418 e. The Morgan fingerprint density at radius 1 is 1.14 bits per heavy atom. The molecule has 1 aromatic carbocycles. The third-order valence-corrected chi connectivity index (χ3v) is 4.88. The number of aryl methyl sites for hydroxylation is 1. The Morgan fingerprint density at radius 2 is 1.86 bits per heavy atom. The number of alkyl halides is 3. The minimum Gasteiger partial charge on any atom is -0.321 e. The number of para-hydroxylation sites is 1. The van der Waals surface area contributed by atoms with Crippen molar-refractivity contribution in [2.45, 2.75) is 31.9 Å². The molecular weight excluding hydrogens is 311 g/mol. The quantitative estimate of drug-likeness (QED) is 0.836. The molecule has 0 radical (unpaired) electrons. The van der Waals surface area contributed by atoms with Crippen LogP contribution in [0.4, 0.5) is 18.9 Å². The van der Waals surface area contributed by atoms with E-state index in [0.717, 1.165) is 37.3 Å². The summed E-state index contributed by atoms with van der Waals surface area (Å²) in [6, 6.07) is 5.04. The number of hydrogen-bond acceptors (Lipinski definition) is 2. The lowest BCUT2D eigenvalue weighted by atomic mass is 9.95. The molecule has 0 atom stereocenters. The molecule has 0 saturated carbocycles. The Morgan fingerprint density at radius 3 is 2.64 bits per heavy atom. The van der Waals surface area contributed by atoms with Crippen molar-refractivity contribution in [1.82, 2.24) is 0 Å². The summed E-state index contributed by atoms with van der Waals surface area (Å²) in [5, 5.41) is 4.17. The molecule has 0 fully saturated rings. The summed E-state index contributed by atoms with van der Waals surface area (Å²) in [6.07, 6.45) is -0.596. The van der Waals surface area contributed by atoms with Gasteiger partial charge in [-0.15, -0.1) is 11.3 Å². The number of anilines is 1. The molecule has 1 aromatic heterocycles. The Balaban J connectivity index is 1.88. The van der Waals surface area contributed by atoms with Crippen LogP contribution in [0.3, 0.4) is 0 Å². The summed E-state index contributed by atoms with van der Waals surface area (Å²) in [7, 11) is 0. The molecular formula is C16H14F3NOS. The molecule has 1 N–H and O–H groups in total. The molecule has 0 aliphatic heterocycles. The molecule has 0 saturated heterocycles. The van der Waals surface area contributed by atoms with E-state index in [1.54, 1.807) is 5.38 Å². The maximum Gasteiger partial charge on any atom is 0.418 e. The Labute approximate surface area is 130 Å². The molecule has 1 aliphatic rings. The first kappa shape index (κ1) is 15.1. The highest BCUT2D eigenvalue weighted by Crippen LogP contribution is 2.35. The van der Waals surface area contributed by atoms with Crippen LogP contribution in [0.5, 0.6) is 0 Å². The zero-order valence-corrected chi connectivity index (χ0v) is 12.5. The first-order valence-corrected chi connectivity index (χ1v) is 7.91. The van der Waals surface area contributed by atoms with Crippen LogP contribution in [0.15, 0.2) is 29.6 Å². The number of carbonyl (C=O) groups is 1. The van der Waals surface area contributed by atoms with Crippen molar-refractivity contribution in [2.75, 3.05) is 5.32 Å². The van der Waals surface area contributed by atoms with Crippen molar-refractivity contribution in [3.8, 4) is 0 Å². The molecule has 3 rings (SSSR count). The van der Waals surface area contributed by atoms with Crippen LogP contribution in [-0.4, -0.2) is 5.91 Å². The number of nitrogens with one attached hydrogen (secondary N) is 1. The van der Waals surface area contributed by atoms with Gasteiger partial charge in [-0.3, -0.25) is 4.79 Å². The van der Waals surface area contributed by atoms with E-state index in [-0.39, 0.29) is 5.69 Å². The van der Waals surface area contributed by atoms with Crippen LogP contribution in [0, 0.1) is 0 Å². The molecule has 6 heteroatoms. The molecule has 1 amide bonds. The summed E-state index contributed by atoms with van der Waals surface area (Å²) in [6.45, 7) is 0. The van der Waals surface area contributed by atoms with Gasteiger partial charge in [0.2, 0.25) is 0 Å². The van der Waals surface area contributed by atoms with Crippen molar-refractivity contribution in [2.24, 2.45) is 0 Å². The molecule has 0 bridgehead atoms. The number of hydrogen-bond donors (Lipinski definition) is 1. The second-order valence-electron chi connectivity index (χ2n) is 5.26. The molecule has 22 heavy (non-hydrogen) atoms. The number of amides is 1. The van der Waals surface area contributed by atoms with Crippen molar-refractivity contribution in [3.05, 3.63) is 51.2 Å². The predicted molar refractivity (Wildman–Crippen MR) is 80.4 cm³/mol. The topological polar surface area (TPSA) is 29.1 Å². The van der Waals surface area contributed by atoms with E-state index < -0.39 is 17.6 Å². The van der Waals surface area contributed by atoms with Gasteiger partial charge in [0.25, 0.3) is 5.91 Å². The number of benzene rings is 1. The SMILES string of the molecule is O=C(Nc1ccccc1C(F)(F)F)c1csc2c1CCCC2. The van der Waals surface area contributed by atoms with Crippen LogP contribution >= 0.6 is 11.3 Å². The number of fused-ring (bicyclic) bond motifs is 1. The van der Waals surface area contributed by atoms with Crippen LogP contribution in [0.2, 0.25) is 0 Å². The van der Waals surface area contributed by atoms with Gasteiger partial charge in [0.15, 0.2) is 0 Å². The zero-order valence-electron chi connectivity index (χ0n) is 11.7. The first-order valence-electron chi connectivity index (χ1n) is 7.03. The maximum absolute atomic E-state index is 13.0. The van der Waals surface area contributed by atoms with Gasteiger partial charge < -0.3 is 5.32 Å². The van der Waals surface area contributed by atoms with Crippen LogP contribution < -0.4 is 5.32 Å². The van der Waals surface area contributed by atoms with E-state index in [9.17, 15) is 18.0 Å². The van der Waals surface area contributed by atoms with Gasteiger partial charge in [-0.2, -0.15) is 13.2 Å². The van der Waals surface area contributed by atoms with E-state index in [1.165, 1.54) is 34.4 Å². The Kier molecular flexibility index (Phi) is 3.95. The number of thiophene rings is 1. The van der Waals surface area contributed by atoms with Crippen molar-refractivity contribution in [1.29, 1.82) is 0 Å². The fourth-order valence-electron chi connectivity index (χ4n) is 2.71. The zero-order chi connectivity index (χ0) is 15.7. The lowest BCUT2D eigenvalue weighted by Gasteiger charge is -2.15. The Hall–Kier alpha value is -1.82. The second-order valence-corrected chi connectivity index (χ2v) is 6.22. The smallest absolute Gasteiger partial charge is 0.321 e. The fraction of sp³-hybridized carbons (Fsp3) is 0.312. The van der Waals surface area contributed by atoms with Gasteiger partial charge in [-0.05, 0) is 43.4 Å². The van der Waals surface area contributed by atoms with Gasteiger partial charge in [0, 0.05) is 10.3 Å². The van der Waals surface area contributed by atoms with Gasteiger partial charge in [0.05, 0.1) is 16.8 Å². The number of rotatable bonds is 2. The molecule has 1 heterocycles. The van der Waals surface area contributed by atoms with E-state index >= 15 is 0 Å². The number of carbonyl (C=O) groups excluding carboxylic acids is 1. The van der Waals surface area contributed by atoms with Crippen LogP contribution in [0.25, 0.3) is 0 Å². The van der Waals surface area contributed by atoms with E-state index in [4.69, 9.17) is 0 Å². The minimum absolute atomic E-state index is 0.198. The summed E-state index contributed by atoms with van der Waals surface area (Å²) in [5.41, 5.74) is 0.484.